The van der Waals surface area contributed by atoms with Crippen LogP contribution in [0.4, 0.5) is 0 Å². The maximum absolute atomic E-state index is 10.6. The van der Waals surface area contributed by atoms with Gasteiger partial charge in [0.15, 0.2) is 5.78 Å². The Morgan fingerprint density at radius 3 is 2.55 bits per heavy atom. The molecule has 11 heavy (non-hydrogen) atoms. The Morgan fingerprint density at radius 2 is 2.00 bits per heavy atom. The molecule has 1 saturated carbocycles. The highest BCUT2D eigenvalue weighted by molar-refractivity contribution is 5.87. The molecule has 0 atom stereocenters. The van der Waals surface area contributed by atoms with Gasteiger partial charge in [-0.3, -0.25) is 4.79 Å². The first-order chi connectivity index (χ1) is 5.29. The van der Waals surface area contributed by atoms with Crippen LogP contribution < -0.4 is 0 Å². The van der Waals surface area contributed by atoms with Gasteiger partial charge >= 0.3 is 0 Å². The Labute approximate surface area is 67.8 Å². The predicted molar refractivity (Wildman–Crippen MR) is 45.4 cm³/mol. The highest BCUT2D eigenvalue weighted by Crippen LogP contribution is 2.21. The quantitative estimate of drug-likeness (QED) is 0.415. The van der Waals surface area contributed by atoms with Crippen molar-refractivity contribution in [2.75, 3.05) is 0 Å². The van der Waals surface area contributed by atoms with Crippen molar-refractivity contribution in [2.45, 2.75) is 39.0 Å². The molecule has 0 aromatic rings. The van der Waals surface area contributed by atoms with Crippen LogP contribution in [0.3, 0.4) is 0 Å². The lowest BCUT2D eigenvalue weighted by atomic mass is 9.96. The second kappa shape index (κ2) is 4.15. The Balaban J connectivity index is 2.56. The highest BCUT2D eigenvalue weighted by Gasteiger charge is 2.03. The molecule has 0 heterocycles. The molecule has 1 aliphatic rings. The molecule has 0 bridgehead atoms. The first kappa shape index (κ1) is 8.29. The molecule has 1 aliphatic carbocycles. The maximum Gasteiger partial charge on any atom is 0.160 e. The Hall–Kier alpha value is -0.810. The fourth-order valence-corrected chi connectivity index (χ4v) is 1.33. The van der Waals surface area contributed by atoms with Gasteiger partial charge < -0.3 is 0 Å². The molecule has 1 fully saturated rings. The Morgan fingerprint density at radius 1 is 1.36 bits per heavy atom. The van der Waals surface area contributed by atoms with Gasteiger partial charge in [-0.05, 0) is 38.2 Å². The molecule has 0 amide bonds. The van der Waals surface area contributed by atoms with Crippen LogP contribution >= 0.6 is 0 Å². The van der Waals surface area contributed by atoms with Gasteiger partial charge in [0.2, 0.25) is 0 Å². The third kappa shape index (κ3) is 3.20. The number of carbonyl (C=O) groups excluding carboxylic acids is 1. The molecule has 0 aliphatic heterocycles. The van der Waals surface area contributed by atoms with Crippen LogP contribution in [0.25, 0.3) is 0 Å². The predicted octanol–water partition coefficient (Wildman–Crippen LogP) is 2.62. The van der Waals surface area contributed by atoms with Gasteiger partial charge in [0.1, 0.15) is 0 Å². The van der Waals surface area contributed by atoms with E-state index >= 15 is 0 Å². The maximum atomic E-state index is 10.6. The summed E-state index contributed by atoms with van der Waals surface area (Å²) in [5, 5.41) is 0. The normalized spacial score (nSPS) is 17.4. The van der Waals surface area contributed by atoms with Crippen molar-refractivity contribution in [3.63, 3.8) is 0 Å². The lowest BCUT2D eigenvalue weighted by Crippen LogP contribution is -1.92. The van der Waals surface area contributed by atoms with Crippen molar-refractivity contribution in [3.05, 3.63) is 17.4 Å². The topological polar surface area (TPSA) is 17.1 Å². The van der Waals surface area contributed by atoms with E-state index in [4.69, 9.17) is 0 Å². The van der Waals surface area contributed by atoms with E-state index < -0.39 is 0 Å². The van der Waals surface area contributed by atoms with Crippen LogP contribution in [-0.4, -0.2) is 5.78 Å². The van der Waals surface area contributed by atoms with E-state index in [-0.39, 0.29) is 5.78 Å². The molecule has 60 valence electrons. The summed E-state index contributed by atoms with van der Waals surface area (Å²) in [6, 6.07) is 0. The van der Waals surface area contributed by atoms with Crippen LogP contribution in [0.15, 0.2) is 17.4 Å². The highest BCUT2D eigenvalue weighted by atomic mass is 16.1. The fraction of sp³-hybridized carbons (Fsp3) is 0.600. The van der Waals surface area contributed by atoms with Crippen molar-refractivity contribution >= 4 is 5.78 Å². The number of hydrogen-bond acceptors (Lipinski definition) is 1. The molecule has 0 spiro atoms. The summed E-state index contributed by atoms with van der Waals surface area (Å²) in [5.74, 6) is 0.100. The molecule has 1 nitrogen and oxygen atoms in total. The van der Waals surface area contributed by atoms with E-state index in [0.29, 0.717) is 0 Å². The standard InChI is InChI=1S/C10H14O/c1-9(11)7-8-10-5-3-2-4-6-10/h7H,2-6H2,1H3. The first-order valence-corrected chi connectivity index (χ1v) is 4.24. The summed E-state index contributed by atoms with van der Waals surface area (Å²) in [5.41, 5.74) is 4.39. The van der Waals surface area contributed by atoms with E-state index in [1.54, 1.807) is 13.0 Å². The van der Waals surface area contributed by atoms with Gasteiger partial charge in [0.05, 0.1) is 0 Å². The lowest BCUT2D eigenvalue weighted by Gasteiger charge is -2.09. The molecule has 0 unspecified atom stereocenters. The van der Waals surface area contributed by atoms with E-state index in [2.05, 4.69) is 5.73 Å². The van der Waals surface area contributed by atoms with Crippen molar-refractivity contribution in [1.29, 1.82) is 0 Å². The molecule has 1 rings (SSSR count). The van der Waals surface area contributed by atoms with Crippen LogP contribution in [0, 0.1) is 0 Å². The summed E-state index contributed by atoms with van der Waals surface area (Å²) in [7, 11) is 0. The van der Waals surface area contributed by atoms with Crippen LogP contribution in [-0.2, 0) is 4.79 Å². The lowest BCUT2D eigenvalue weighted by molar-refractivity contribution is -0.112. The summed E-state index contributed by atoms with van der Waals surface area (Å²) in [6.07, 6.45) is 7.72. The molecule has 1 heteroatoms. The SMILES string of the molecule is CC(=O)C=C=C1CCCCC1. The van der Waals surface area contributed by atoms with E-state index in [9.17, 15) is 4.79 Å². The number of allylic oxidation sites excluding steroid dienone is 1. The average molecular weight is 150 g/mol. The van der Waals surface area contributed by atoms with Gasteiger partial charge in [0.25, 0.3) is 0 Å². The van der Waals surface area contributed by atoms with Crippen LogP contribution in [0.5, 0.6) is 0 Å². The summed E-state index contributed by atoms with van der Waals surface area (Å²) >= 11 is 0. The molecule has 0 saturated heterocycles. The monoisotopic (exact) mass is 150 g/mol. The molecular formula is C10H14O. The van der Waals surface area contributed by atoms with Crippen LogP contribution in [0.2, 0.25) is 0 Å². The van der Waals surface area contributed by atoms with E-state index in [1.807, 2.05) is 0 Å². The zero-order chi connectivity index (χ0) is 8.10. The minimum atomic E-state index is 0.100. The number of ketones is 1. The number of hydrogen-bond donors (Lipinski definition) is 0. The number of carbonyl (C=O) groups is 1. The molecular weight excluding hydrogens is 136 g/mol. The fourth-order valence-electron chi connectivity index (χ4n) is 1.33. The van der Waals surface area contributed by atoms with Crippen molar-refractivity contribution in [3.8, 4) is 0 Å². The van der Waals surface area contributed by atoms with Gasteiger partial charge in [-0.1, -0.05) is 6.42 Å². The third-order valence-corrected chi connectivity index (χ3v) is 1.94. The Bertz CT molecular complexity index is 199. The van der Waals surface area contributed by atoms with Gasteiger partial charge in [-0.15, -0.1) is 5.73 Å². The second-order valence-electron chi connectivity index (χ2n) is 3.06. The smallest absolute Gasteiger partial charge is 0.160 e. The van der Waals surface area contributed by atoms with Gasteiger partial charge in [-0.25, -0.2) is 0 Å². The second-order valence-corrected chi connectivity index (χ2v) is 3.06. The zero-order valence-electron chi connectivity index (χ0n) is 7.02. The van der Waals surface area contributed by atoms with Gasteiger partial charge in [0, 0.05) is 6.08 Å². The molecule has 0 aromatic heterocycles. The minimum Gasteiger partial charge on any atom is -0.294 e. The Kier molecular flexibility index (Phi) is 3.13. The first-order valence-electron chi connectivity index (χ1n) is 4.24. The van der Waals surface area contributed by atoms with Gasteiger partial charge in [-0.2, -0.15) is 0 Å². The zero-order valence-corrected chi connectivity index (χ0v) is 7.02. The van der Waals surface area contributed by atoms with Crippen molar-refractivity contribution < 1.29 is 4.79 Å². The molecule has 0 radical (unpaired) electrons. The summed E-state index contributed by atoms with van der Waals surface area (Å²) in [6.45, 7) is 1.57. The van der Waals surface area contributed by atoms with E-state index in [1.165, 1.54) is 24.8 Å². The van der Waals surface area contributed by atoms with E-state index in [0.717, 1.165) is 12.8 Å². The largest absolute Gasteiger partial charge is 0.294 e. The van der Waals surface area contributed by atoms with Crippen molar-refractivity contribution in [2.24, 2.45) is 0 Å². The number of rotatable bonds is 1. The molecule has 0 aromatic carbocycles. The summed E-state index contributed by atoms with van der Waals surface area (Å²) in [4.78, 5) is 10.6. The average Bonchev–Trinajstić information content (AvgIpc) is 2.03. The van der Waals surface area contributed by atoms with Crippen molar-refractivity contribution in [1.82, 2.24) is 0 Å². The summed E-state index contributed by atoms with van der Waals surface area (Å²) < 4.78 is 0. The minimum absolute atomic E-state index is 0.100. The molecule has 0 N–H and O–H groups in total. The van der Waals surface area contributed by atoms with Crippen LogP contribution in [0.1, 0.15) is 39.0 Å². The third-order valence-electron chi connectivity index (χ3n) is 1.94.